The van der Waals surface area contributed by atoms with Crippen LogP contribution in [-0.2, 0) is 9.53 Å². The molecule has 4 nitrogen and oxygen atoms in total. The summed E-state index contributed by atoms with van der Waals surface area (Å²) in [6.07, 6.45) is 3.73. The normalized spacial score (nSPS) is 22.1. The standard InChI is InChI=1S/C19H23NO3S/c1-12-7-3-5-9-15(12)20-18(21)13(2)23-19(22)17-11-14-8-4-6-10-16(14)24-17/h4,6,8,10-13,15H,3,5,7,9H2,1-2H3,(H,20,21)/t12-,13+,15-/m0/s1. The topological polar surface area (TPSA) is 55.4 Å². The van der Waals surface area contributed by atoms with Gasteiger partial charge in [-0.1, -0.05) is 38.0 Å². The van der Waals surface area contributed by atoms with Crippen molar-refractivity contribution in [3.8, 4) is 0 Å². The molecule has 24 heavy (non-hydrogen) atoms. The number of rotatable bonds is 4. The lowest BCUT2D eigenvalue weighted by atomic mass is 9.86. The van der Waals surface area contributed by atoms with Gasteiger partial charge in [-0.25, -0.2) is 4.79 Å². The fourth-order valence-corrected chi connectivity index (χ4v) is 4.13. The Balaban J connectivity index is 1.59. The SMILES string of the molecule is C[C@@H](OC(=O)c1cc2ccccc2s1)C(=O)N[C@H]1CCCC[C@@H]1C. The van der Waals surface area contributed by atoms with Crippen molar-refractivity contribution in [1.29, 1.82) is 0 Å². The smallest absolute Gasteiger partial charge is 0.349 e. The average Bonchev–Trinajstić information content (AvgIpc) is 3.01. The molecule has 3 rings (SSSR count). The van der Waals surface area contributed by atoms with Crippen molar-refractivity contribution in [2.75, 3.05) is 0 Å². The van der Waals surface area contributed by atoms with Crippen molar-refractivity contribution in [2.45, 2.75) is 51.7 Å². The van der Waals surface area contributed by atoms with Gasteiger partial charge >= 0.3 is 5.97 Å². The maximum atomic E-state index is 12.3. The van der Waals surface area contributed by atoms with Gasteiger partial charge < -0.3 is 10.1 Å². The molecule has 1 aromatic heterocycles. The summed E-state index contributed by atoms with van der Waals surface area (Å²) in [5, 5.41) is 4.06. The van der Waals surface area contributed by atoms with Crippen molar-refractivity contribution in [2.24, 2.45) is 5.92 Å². The Morgan fingerprint density at radius 1 is 1.25 bits per heavy atom. The van der Waals surface area contributed by atoms with Crippen LogP contribution in [0.25, 0.3) is 10.1 Å². The molecule has 1 amide bonds. The summed E-state index contributed by atoms with van der Waals surface area (Å²) in [7, 11) is 0. The molecule has 1 fully saturated rings. The first-order chi connectivity index (χ1) is 11.5. The monoisotopic (exact) mass is 345 g/mol. The molecule has 0 radical (unpaired) electrons. The zero-order chi connectivity index (χ0) is 17.1. The molecule has 3 atom stereocenters. The first-order valence-corrected chi connectivity index (χ1v) is 9.36. The number of hydrogen-bond acceptors (Lipinski definition) is 4. The van der Waals surface area contributed by atoms with E-state index >= 15 is 0 Å². The summed E-state index contributed by atoms with van der Waals surface area (Å²) >= 11 is 1.39. The highest BCUT2D eigenvalue weighted by atomic mass is 32.1. The number of benzene rings is 1. The van der Waals surface area contributed by atoms with Crippen LogP contribution in [0.1, 0.15) is 49.2 Å². The van der Waals surface area contributed by atoms with Crippen LogP contribution in [0.2, 0.25) is 0 Å². The van der Waals surface area contributed by atoms with Gasteiger partial charge in [-0.3, -0.25) is 4.79 Å². The minimum atomic E-state index is -0.781. The molecule has 0 aliphatic heterocycles. The van der Waals surface area contributed by atoms with Gasteiger partial charge in [0.15, 0.2) is 6.10 Å². The van der Waals surface area contributed by atoms with Gasteiger partial charge in [0.05, 0.1) is 0 Å². The summed E-state index contributed by atoms with van der Waals surface area (Å²) in [5.41, 5.74) is 0. The molecule has 5 heteroatoms. The fraction of sp³-hybridized carbons (Fsp3) is 0.474. The van der Waals surface area contributed by atoms with Gasteiger partial charge in [-0.05, 0) is 43.2 Å². The molecular formula is C19H23NO3S. The zero-order valence-corrected chi connectivity index (χ0v) is 14.9. The summed E-state index contributed by atoms with van der Waals surface area (Å²) < 4.78 is 6.40. The Morgan fingerprint density at radius 2 is 2.00 bits per heavy atom. The van der Waals surface area contributed by atoms with Gasteiger partial charge in [0.2, 0.25) is 0 Å². The van der Waals surface area contributed by atoms with E-state index in [2.05, 4.69) is 12.2 Å². The average molecular weight is 345 g/mol. The molecule has 0 spiro atoms. The molecule has 1 aliphatic carbocycles. The van der Waals surface area contributed by atoms with Crippen LogP contribution in [0.3, 0.4) is 0 Å². The molecule has 1 aliphatic rings. The minimum Gasteiger partial charge on any atom is -0.448 e. The van der Waals surface area contributed by atoms with Crippen LogP contribution >= 0.6 is 11.3 Å². The van der Waals surface area contributed by atoms with Crippen LogP contribution in [0.5, 0.6) is 0 Å². The highest BCUT2D eigenvalue weighted by Gasteiger charge is 2.26. The van der Waals surface area contributed by atoms with Crippen LogP contribution in [0, 0.1) is 5.92 Å². The summed E-state index contributed by atoms with van der Waals surface area (Å²) in [5.74, 6) is -0.160. The number of carbonyl (C=O) groups excluding carboxylic acids is 2. The predicted molar refractivity (Wildman–Crippen MR) is 96.3 cm³/mol. The highest BCUT2D eigenvalue weighted by Crippen LogP contribution is 2.26. The van der Waals surface area contributed by atoms with Crippen molar-refractivity contribution < 1.29 is 14.3 Å². The molecular weight excluding hydrogens is 322 g/mol. The fourth-order valence-electron chi connectivity index (χ4n) is 3.19. The highest BCUT2D eigenvalue weighted by molar-refractivity contribution is 7.20. The van der Waals surface area contributed by atoms with Gasteiger partial charge in [0, 0.05) is 10.7 Å². The van der Waals surface area contributed by atoms with Gasteiger partial charge in [-0.15, -0.1) is 11.3 Å². The van der Waals surface area contributed by atoms with Crippen LogP contribution in [-0.4, -0.2) is 24.0 Å². The zero-order valence-electron chi connectivity index (χ0n) is 14.1. The Labute approximate surface area is 146 Å². The van der Waals surface area contributed by atoms with E-state index in [1.165, 1.54) is 17.8 Å². The molecule has 0 bridgehead atoms. The lowest BCUT2D eigenvalue weighted by Crippen LogP contribution is -2.45. The third kappa shape index (κ3) is 3.78. The van der Waals surface area contributed by atoms with Crippen molar-refractivity contribution in [3.63, 3.8) is 0 Å². The molecule has 0 saturated heterocycles. The Bertz CT molecular complexity index is 706. The number of esters is 1. The molecule has 1 aromatic carbocycles. The van der Waals surface area contributed by atoms with E-state index in [-0.39, 0.29) is 11.9 Å². The van der Waals surface area contributed by atoms with E-state index in [1.54, 1.807) is 6.92 Å². The van der Waals surface area contributed by atoms with E-state index in [9.17, 15) is 9.59 Å². The third-order valence-electron chi connectivity index (χ3n) is 4.72. The molecule has 1 heterocycles. The second-order valence-corrected chi connectivity index (χ2v) is 7.66. The number of ether oxygens (including phenoxy) is 1. The predicted octanol–water partition coefficient (Wildman–Crippen LogP) is 4.14. The number of amides is 1. The van der Waals surface area contributed by atoms with Gasteiger partial charge in [0.1, 0.15) is 4.88 Å². The van der Waals surface area contributed by atoms with Crippen LogP contribution in [0.15, 0.2) is 30.3 Å². The molecule has 1 N–H and O–H groups in total. The lowest BCUT2D eigenvalue weighted by Gasteiger charge is -2.30. The van der Waals surface area contributed by atoms with Crippen molar-refractivity contribution >= 4 is 33.3 Å². The van der Waals surface area contributed by atoms with Crippen LogP contribution < -0.4 is 5.32 Å². The Morgan fingerprint density at radius 3 is 2.75 bits per heavy atom. The molecule has 2 aromatic rings. The van der Waals surface area contributed by atoms with E-state index in [1.807, 2.05) is 30.3 Å². The van der Waals surface area contributed by atoms with Crippen molar-refractivity contribution in [3.05, 3.63) is 35.2 Å². The second kappa shape index (κ2) is 7.34. The van der Waals surface area contributed by atoms with Gasteiger partial charge in [0.25, 0.3) is 5.91 Å². The minimum absolute atomic E-state index is 0.191. The number of thiophene rings is 1. The van der Waals surface area contributed by atoms with E-state index in [0.29, 0.717) is 10.8 Å². The molecule has 1 saturated carbocycles. The first-order valence-electron chi connectivity index (χ1n) is 8.54. The second-order valence-electron chi connectivity index (χ2n) is 6.57. The maximum Gasteiger partial charge on any atom is 0.349 e. The first kappa shape index (κ1) is 17.0. The Kier molecular flexibility index (Phi) is 5.19. The Hall–Kier alpha value is -1.88. The number of nitrogens with one attached hydrogen (secondary N) is 1. The van der Waals surface area contributed by atoms with E-state index in [4.69, 9.17) is 4.74 Å². The third-order valence-corrected chi connectivity index (χ3v) is 5.82. The quantitative estimate of drug-likeness (QED) is 0.847. The summed E-state index contributed by atoms with van der Waals surface area (Å²) in [6, 6.07) is 9.81. The van der Waals surface area contributed by atoms with Crippen LogP contribution in [0.4, 0.5) is 0 Å². The number of fused-ring (bicyclic) bond motifs is 1. The number of hydrogen-bond donors (Lipinski definition) is 1. The maximum absolute atomic E-state index is 12.3. The summed E-state index contributed by atoms with van der Waals surface area (Å²) in [4.78, 5) is 25.1. The summed E-state index contributed by atoms with van der Waals surface area (Å²) in [6.45, 7) is 3.80. The molecule has 0 unspecified atom stereocenters. The van der Waals surface area contributed by atoms with E-state index < -0.39 is 12.1 Å². The van der Waals surface area contributed by atoms with Crippen molar-refractivity contribution in [1.82, 2.24) is 5.32 Å². The lowest BCUT2D eigenvalue weighted by molar-refractivity contribution is -0.130. The molecule has 128 valence electrons. The van der Waals surface area contributed by atoms with E-state index in [0.717, 1.165) is 29.3 Å². The van der Waals surface area contributed by atoms with Gasteiger partial charge in [-0.2, -0.15) is 0 Å². The largest absolute Gasteiger partial charge is 0.448 e. The number of carbonyl (C=O) groups is 2.